The summed E-state index contributed by atoms with van der Waals surface area (Å²) in [5, 5.41) is 0. The Balaban J connectivity index is 3.00. The zero-order valence-corrected chi connectivity index (χ0v) is 5.67. The third-order valence-corrected chi connectivity index (χ3v) is 1.08. The van der Waals surface area contributed by atoms with Crippen LogP contribution in [0.3, 0.4) is 0 Å². The molecule has 1 rings (SSSR count). The van der Waals surface area contributed by atoms with Crippen LogP contribution < -0.4 is 0 Å². The molecule has 1 aromatic heterocycles. The molecule has 0 spiro atoms. The van der Waals surface area contributed by atoms with Gasteiger partial charge in [0.05, 0.1) is 12.4 Å². The second kappa shape index (κ2) is 2.88. The van der Waals surface area contributed by atoms with Crippen molar-refractivity contribution < 1.29 is 18.0 Å². The van der Waals surface area contributed by atoms with Gasteiger partial charge in [0.15, 0.2) is 12.0 Å². The van der Waals surface area contributed by atoms with Crippen LogP contribution in [-0.4, -0.2) is 16.3 Å². The molecule has 0 aromatic carbocycles. The molecule has 0 saturated carbocycles. The van der Waals surface area contributed by atoms with Crippen LogP contribution in [0.2, 0.25) is 0 Å². The van der Waals surface area contributed by atoms with Crippen molar-refractivity contribution in [3.8, 4) is 0 Å². The lowest BCUT2D eigenvalue weighted by Crippen LogP contribution is -2.08. The SMILES string of the molecule is O=Cc1cnc(C(F)(F)F)cn1. The van der Waals surface area contributed by atoms with E-state index in [2.05, 4.69) is 9.97 Å². The highest BCUT2D eigenvalue weighted by Gasteiger charge is 2.32. The number of hydrogen-bond acceptors (Lipinski definition) is 3. The lowest BCUT2D eigenvalue weighted by atomic mass is 10.4. The van der Waals surface area contributed by atoms with E-state index < -0.39 is 11.9 Å². The smallest absolute Gasteiger partial charge is 0.296 e. The van der Waals surface area contributed by atoms with E-state index in [1.165, 1.54) is 0 Å². The average molecular weight is 176 g/mol. The number of carbonyl (C=O) groups is 1. The Morgan fingerprint density at radius 2 is 1.92 bits per heavy atom. The zero-order valence-electron chi connectivity index (χ0n) is 5.67. The van der Waals surface area contributed by atoms with E-state index in [1.54, 1.807) is 0 Å². The summed E-state index contributed by atoms with van der Waals surface area (Å²) in [5.74, 6) is 0. The number of alkyl halides is 3. The maximum atomic E-state index is 11.8. The van der Waals surface area contributed by atoms with Crippen molar-refractivity contribution in [1.29, 1.82) is 0 Å². The van der Waals surface area contributed by atoms with E-state index in [9.17, 15) is 18.0 Å². The summed E-state index contributed by atoms with van der Waals surface area (Å²) in [7, 11) is 0. The van der Waals surface area contributed by atoms with Gasteiger partial charge in [-0.3, -0.25) is 4.79 Å². The molecular formula is C6H3F3N2O. The summed E-state index contributed by atoms with van der Waals surface area (Å²) in [6.07, 6.45) is -2.89. The molecule has 12 heavy (non-hydrogen) atoms. The van der Waals surface area contributed by atoms with Crippen LogP contribution in [0.4, 0.5) is 13.2 Å². The van der Waals surface area contributed by atoms with Gasteiger partial charge in [-0.25, -0.2) is 9.97 Å². The summed E-state index contributed by atoms with van der Waals surface area (Å²) in [5.41, 5.74) is -1.23. The van der Waals surface area contributed by atoms with Crippen LogP contribution in [0.15, 0.2) is 12.4 Å². The van der Waals surface area contributed by atoms with Crippen LogP contribution in [0.5, 0.6) is 0 Å². The quantitative estimate of drug-likeness (QED) is 0.606. The molecule has 0 fully saturated rings. The van der Waals surface area contributed by atoms with E-state index in [0.717, 1.165) is 6.20 Å². The first-order valence-corrected chi connectivity index (χ1v) is 2.88. The van der Waals surface area contributed by atoms with Gasteiger partial charge in [0.2, 0.25) is 0 Å². The molecule has 0 aliphatic rings. The third kappa shape index (κ3) is 1.77. The first kappa shape index (κ1) is 8.63. The number of carbonyl (C=O) groups excluding carboxylic acids is 1. The Morgan fingerprint density at radius 3 is 2.25 bits per heavy atom. The van der Waals surface area contributed by atoms with Gasteiger partial charge in [0.25, 0.3) is 0 Å². The molecule has 0 N–H and O–H groups in total. The number of halogens is 3. The van der Waals surface area contributed by atoms with Crippen LogP contribution >= 0.6 is 0 Å². The first-order chi connectivity index (χ1) is 5.54. The van der Waals surface area contributed by atoms with Crippen LogP contribution in [0.25, 0.3) is 0 Å². The van der Waals surface area contributed by atoms with Crippen molar-refractivity contribution in [2.75, 3.05) is 0 Å². The maximum absolute atomic E-state index is 11.8. The standard InChI is InChI=1S/C6H3F3N2O/c7-6(8,9)5-2-10-4(3-12)1-11-5/h1-3H. The molecule has 0 unspecified atom stereocenters. The molecule has 0 amide bonds. The minimum atomic E-state index is -4.51. The minimum Gasteiger partial charge on any atom is -0.296 e. The van der Waals surface area contributed by atoms with E-state index in [4.69, 9.17) is 0 Å². The average Bonchev–Trinajstić information content (AvgIpc) is 2.03. The number of aldehydes is 1. The number of rotatable bonds is 1. The molecule has 1 aromatic rings. The molecule has 0 bridgehead atoms. The fourth-order valence-corrected chi connectivity index (χ4v) is 0.545. The van der Waals surface area contributed by atoms with Gasteiger partial charge in [0, 0.05) is 0 Å². The number of hydrogen-bond donors (Lipinski definition) is 0. The van der Waals surface area contributed by atoms with Crippen LogP contribution in [-0.2, 0) is 6.18 Å². The van der Waals surface area contributed by atoms with E-state index >= 15 is 0 Å². The van der Waals surface area contributed by atoms with Crippen molar-refractivity contribution in [2.45, 2.75) is 6.18 Å². The molecule has 0 atom stereocenters. The number of aromatic nitrogens is 2. The molecular weight excluding hydrogens is 173 g/mol. The summed E-state index contributed by atoms with van der Waals surface area (Å²) in [4.78, 5) is 16.2. The highest BCUT2D eigenvalue weighted by atomic mass is 19.4. The maximum Gasteiger partial charge on any atom is 0.434 e. The molecule has 0 aliphatic carbocycles. The minimum absolute atomic E-state index is 0.122. The Hall–Kier alpha value is -1.46. The third-order valence-electron chi connectivity index (χ3n) is 1.08. The fourth-order valence-electron chi connectivity index (χ4n) is 0.545. The molecule has 0 radical (unpaired) electrons. The second-order valence-electron chi connectivity index (χ2n) is 1.94. The Bertz CT molecular complexity index is 280. The second-order valence-corrected chi connectivity index (χ2v) is 1.94. The molecule has 1 heterocycles. The summed E-state index contributed by atoms with van der Waals surface area (Å²) in [6.45, 7) is 0. The predicted molar refractivity (Wildman–Crippen MR) is 32.4 cm³/mol. The Labute approximate surface area is 65.3 Å². The zero-order chi connectivity index (χ0) is 9.19. The Kier molecular flexibility index (Phi) is 2.07. The van der Waals surface area contributed by atoms with Crippen LogP contribution in [0.1, 0.15) is 16.2 Å². The molecule has 3 nitrogen and oxygen atoms in total. The van der Waals surface area contributed by atoms with Gasteiger partial charge >= 0.3 is 6.18 Å². The van der Waals surface area contributed by atoms with E-state index in [-0.39, 0.29) is 5.69 Å². The molecule has 64 valence electrons. The van der Waals surface area contributed by atoms with Gasteiger partial charge in [-0.05, 0) is 0 Å². The fraction of sp³-hybridized carbons (Fsp3) is 0.167. The molecule has 6 heteroatoms. The van der Waals surface area contributed by atoms with Crippen molar-refractivity contribution >= 4 is 6.29 Å². The van der Waals surface area contributed by atoms with E-state index in [0.29, 0.717) is 12.5 Å². The summed E-state index contributed by atoms with van der Waals surface area (Å²) >= 11 is 0. The van der Waals surface area contributed by atoms with Gasteiger partial charge < -0.3 is 0 Å². The van der Waals surface area contributed by atoms with Gasteiger partial charge in [-0.2, -0.15) is 13.2 Å². The van der Waals surface area contributed by atoms with Crippen molar-refractivity contribution in [2.24, 2.45) is 0 Å². The monoisotopic (exact) mass is 176 g/mol. The summed E-state index contributed by atoms with van der Waals surface area (Å²) < 4.78 is 35.5. The molecule has 0 saturated heterocycles. The molecule has 0 aliphatic heterocycles. The normalized spacial score (nSPS) is 11.2. The van der Waals surface area contributed by atoms with Crippen LogP contribution in [0, 0.1) is 0 Å². The van der Waals surface area contributed by atoms with Crippen molar-refractivity contribution in [1.82, 2.24) is 9.97 Å². The van der Waals surface area contributed by atoms with Crippen molar-refractivity contribution in [3.05, 3.63) is 23.8 Å². The topological polar surface area (TPSA) is 42.9 Å². The first-order valence-electron chi connectivity index (χ1n) is 2.88. The number of nitrogens with zero attached hydrogens (tertiary/aromatic N) is 2. The summed E-state index contributed by atoms with van der Waals surface area (Å²) in [6, 6.07) is 0. The van der Waals surface area contributed by atoms with Gasteiger partial charge in [0.1, 0.15) is 5.69 Å². The Morgan fingerprint density at radius 1 is 1.25 bits per heavy atom. The highest BCUT2D eigenvalue weighted by molar-refractivity contribution is 5.70. The van der Waals surface area contributed by atoms with Crippen molar-refractivity contribution in [3.63, 3.8) is 0 Å². The lowest BCUT2D eigenvalue weighted by molar-refractivity contribution is -0.141. The lowest BCUT2D eigenvalue weighted by Gasteiger charge is -2.03. The van der Waals surface area contributed by atoms with Gasteiger partial charge in [-0.15, -0.1) is 0 Å². The predicted octanol–water partition coefficient (Wildman–Crippen LogP) is 1.31. The van der Waals surface area contributed by atoms with E-state index in [1.807, 2.05) is 0 Å². The van der Waals surface area contributed by atoms with Gasteiger partial charge in [-0.1, -0.05) is 0 Å². The highest BCUT2D eigenvalue weighted by Crippen LogP contribution is 2.26. The largest absolute Gasteiger partial charge is 0.434 e.